The summed E-state index contributed by atoms with van der Waals surface area (Å²) in [5, 5.41) is 14.0. The van der Waals surface area contributed by atoms with Gasteiger partial charge >= 0.3 is 5.97 Å². The van der Waals surface area contributed by atoms with E-state index in [-0.39, 0.29) is 24.0 Å². The molecule has 1 unspecified atom stereocenters. The molecule has 0 aliphatic rings. The van der Waals surface area contributed by atoms with Crippen LogP contribution in [0.5, 0.6) is 17.4 Å². The van der Waals surface area contributed by atoms with Gasteiger partial charge in [-0.25, -0.2) is 9.78 Å². The van der Waals surface area contributed by atoms with Crippen molar-refractivity contribution in [3.8, 4) is 17.4 Å². The van der Waals surface area contributed by atoms with Gasteiger partial charge in [-0.2, -0.15) is 0 Å². The van der Waals surface area contributed by atoms with E-state index in [2.05, 4.69) is 15.3 Å². The predicted molar refractivity (Wildman–Crippen MR) is 122 cm³/mol. The molecule has 33 heavy (non-hydrogen) atoms. The number of nitrogens with one attached hydrogen (secondary N) is 1. The molecule has 0 fully saturated rings. The van der Waals surface area contributed by atoms with E-state index in [1.54, 1.807) is 56.7 Å². The SMILES string of the molecule is CC(C)Oc1c(NC(Cc2ccc(Oc3nccc4cnccc34)cc2)C(=O)O)c(=O)c1=O. The Morgan fingerprint density at radius 3 is 2.52 bits per heavy atom. The van der Waals surface area contributed by atoms with Crippen molar-refractivity contribution in [2.75, 3.05) is 5.32 Å². The monoisotopic (exact) mass is 447 g/mol. The molecular formula is C24H21N3O6. The fourth-order valence-corrected chi connectivity index (χ4v) is 3.34. The number of carbonyl (C=O) groups is 1. The molecule has 2 aromatic heterocycles. The largest absolute Gasteiger partial charge is 0.485 e. The molecule has 0 spiro atoms. The first-order valence-corrected chi connectivity index (χ1v) is 10.3. The smallest absolute Gasteiger partial charge is 0.326 e. The molecule has 0 radical (unpaired) electrons. The van der Waals surface area contributed by atoms with Crippen LogP contribution < -0.4 is 25.6 Å². The predicted octanol–water partition coefficient (Wildman–Crippen LogP) is 2.91. The van der Waals surface area contributed by atoms with E-state index in [0.717, 1.165) is 10.8 Å². The van der Waals surface area contributed by atoms with E-state index in [9.17, 15) is 19.5 Å². The Labute approximate surface area is 188 Å². The Morgan fingerprint density at radius 1 is 1.06 bits per heavy atom. The highest BCUT2D eigenvalue weighted by molar-refractivity contribution is 5.86. The van der Waals surface area contributed by atoms with Crippen LogP contribution in [0.25, 0.3) is 10.8 Å². The zero-order valence-corrected chi connectivity index (χ0v) is 17.9. The third kappa shape index (κ3) is 4.67. The number of fused-ring (bicyclic) bond motifs is 1. The molecule has 4 aromatic rings. The second kappa shape index (κ2) is 9.07. The quantitative estimate of drug-likeness (QED) is 0.372. The molecule has 168 valence electrons. The van der Waals surface area contributed by atoms with E-state index < -0.39 is 22.9 Å². The molecule has 9 nitrogen and oxygen atoms in total. The molecule has 2 heterocycles. The maximum Gasteiger partial charge on any atom is 0.326 e. The molecule has 2 N–H and O–H groups in total. The number of pyridine rings is 2. The average Bonchev–Trinajstić information content (AvgIpc) is 2.81. The molecule has 0 bridgehead atoms. The highest BCUT2D eigenvalue weighted by atomic mass is 16.5. The standard InChI is InChI=1S/C24H21N3O6/c1-13(2)32-22-19(20(28)21(22)29)27-18(24(30)31)11-14-3-5-16(6-4-14)33-23-17-8-9-25-12-15(17)7-10-26-23/h3-10,12-13,18,27H,11H2,1-2H3,(H,30,31). The summed E-state index contributed by atoms with van der Waals surface area (Å²) in [5.41, 5.74) is -0.937. The third-order valence-electron chi connectivity index (χ3n) is 4.94. The zero-order valence-electron chi connectivity index (χ0n) is 17.9. The Morgan fingerprint density at radius 2 is 1.82 bits per heavy atom. The Bertz CT molecular complexity index is 1370. The van der Waals surface area contributed by atoms with Crippen molar-refractivity contribution in [1.82, 2.24) is 9.97 Å². The van der Waals surface area contributed by atoms with Gasteiger partial charge in [0.15, 0.2) is 5.75 Å². The summed E-state index contributed by atoms with van der Waals surface area (Å²) in [5.74, 6) is -0.314. The second-order valence-corrected chi connectivity index (χ2v) is 7.73. The van der Waals surface area contributed by atoms with Gasteiger partial charge in [0.25, 0.3) is 10.9 Å². The minimum absolute atomic E-state index is 0.0771. The van der Waals surface area contributed by atoms with Crippen molar-refractivity contribution in [3.05, 3.63) is 81.0 Å². The van der Waals surface area contributed by atoms with Gasteiger partial charge in [0.2, 0.25) is 5.88 Å². The molecule has 2 aromatic carbocycles. The number of hydrogen-bond donors (Lipinski definition) is 2. The summed E-state index contributed by atoms with van der Waals surface area (Å²) in [7, 11) is 0. The van der Waals surface area contributed by atoms with Crippen LogP contribution in [0.3, 0.4) is 0 Å². The van der Waals surface area contributed by atoms with Gasteiger partial charge in [0.05, 0.1) is 6.10 Å². The third-order valence-corrected chi connectivity index (χ3v) is 4.94. The first-order valence-electron chi connectivity index (χ1n) is 10.3. The molecule has 0 saturated carbocycles. The first-order chi connectivity index (χ1) is 15.8. The first kappa shape index (κ1) is 21.9. The van der Waals surface area contributed by atoms with E-state index in [1.807, 2.05) is 12.1 Å². The van der Waals surface area contributed by atoms with Gasteiger partial charge < -0.3 is 19.9 Å². The van der Waals surface area contributed by atoms with E-state index in [0.29, 0.717) is 17.2 Å². The molecule has 0 amide bonds. The summed E-state index contributed by atoms with van der Waals surface area (Å²) < 4.78 is 11.2. The van der Waals surface area contributed by atoms with Gasteiger partial charge in [-0.1, -0.05) is 12.1 Å². The fraction of sp³-hybridized carbons (Fsp3) is 0.208. The average molecular weight is 447 g/mol. The van der Waals surface area contributed by atoms with Crippen molar-refractivity contribution in [1.29, 1.82) is 0 Å². The van der Waals surface area contributed by atoms with Crippen LogP contribution in [-0.2, 0) is 11.2 Å². The second-order valence-electron chi connectivity index (χ2n) is 7.73. The lowest BCUT2D eigenvalue weighted by Gasteiger charge is -2.20. The molecule has 0 aliphatic carbocycles. The Kier molecular flexibility index (Phi) is 6.03. The van der Waals surface area contributed by atoms with Crippen LogP contribution in [0.1, 0.15) is 19.4 Å². The van der Waals surface area contributed by atoms with Gasteiger partial charge in [-0.05, 0) is 43.7 Å². The minimum atomic E-state index is -1.16. The van der Waals surface area contributed by atoms with Crippen molar-refractivity contribution in [3.63, 3.8) is 0 Å². The number of carboxylic acids is 1. The lowest BCUT2D eigenvalue weighted by molar-refractivity contribution is -0.137. The van der Waals surface area contributed by atoms with E-state index in [4.69, 9.17) is 9.47 Å². The highest BCUT2D eigenvalue weighted by Crippen LogP contribution is 2.27. The molecular weight excluding hydrogens is 426 g/mol. The summed E-state index contributed by atoms with van der Waals surface area (Å²) in [6, 6.07) is 9.40. The molecule has 9 heteroatoms. The van der Waals surface area contributed by atoms with Crippen molar-refractivity contribution >= 4 is 22.4 Å². The van der Waals surface area contributed by atoms with Crippen LogP contribution in [0, 0.1) is 0 Å². The normalized spacial score (nSPS) is 12.1. The number of rotatable bonds is 9. The maximum absolute atomic E-state index is 11.9. The zero-order chi connectivity index (χ0) is 23.5. The van der Waals surface area contributed by atoms with Crippen LogP contribution in [0.2, 0.25) is 0 Å². The number of benzene rings is 1. The summed E-state index contributed by atoms with van der Waals surface area (Å²) in [4.78, 5) is 43.8. The van der Waals surface area contributed by atoms with Crippen molar-refractivity contribution in [2.45, 2.75) is 32.4 Å². The number of hydrogen-bond acceptors (Lipinski definition) is 8. The number of anilines is 1. The summed E-state index contributed by atoms with van der Waals surface area (Å²) >= 11 is 0. The van der Waals surface area contributed by atoms with Crippen LogP contribution in [0.4, 0.5) is 5.69 Å². The number of aliphatic carboxylic acids is 1. The molecule has 0 aliphatic heterocycles. The van der Waals surface area contributed by atoms with Gasteiger partial charge in [-0.15, -0.1) is 0 Å². The molecule has 4 rings (SSSR count). The van der Waals surface area contributed by atoms with Crippen LogP contribution >= 0.6 is 0 Å². The number of nitrogens with zero attached hydrogens (tertiary/aromatic N) is 2. The summed E-state index contributed by atoms with van der Waals surface area (Å²) in [6.45, 7) is 3.42. The van der Waals surface area contributed by atoms with Gasteiger partial charge in [0, 0.05) is 35.8 Å². The number of carboxylic acid groups (broad SMARTS) is 1. The van der Waals surface area contributed by atoms with E-state index >= 15 is 0 Å². The topological polar surface area (TPSA) is 128 Å². The van der Waals surface area contributed by atoms with Crippen LogP contribution in [0.15, 0.2) is 64.6 Å². The van der Waals surface area contributed by atoms with Gasteiger partial charge in [-0.3, -0.25) is 14.6 Å². The maximum atomic E-state index is 11.9. The lowest BCUT2D eigenvalue weighted by atomic mass is 10.0. The highest BCUT2D eigenvalue weighted by Gasteiger charge is 2.28. The molecule has 1 atom stereocenters. The van der Waals surface area contributed by atoms with Gasteiger partial charge in [0.1, 0.15) is 17.5 Å². The summed E-state index contributed by atoms with van der Waals surface area (Å²) in [6.07, 6.45) is 4.77. The number of aromatic nitrogens is 2. The van der Waals surface area contributed by atoms with Crippen molar-refractivity contribution < 1.29 is 19.4 Å². The van der Waals surface area contributed by atoms with E-state index in [1.165, 1.54) is 0 Å². The minimum Gasteiger partial charge on any atom is -0.485 e. The number of ether oxygens (including phenoxy) is 2. The fourth-order valence-electron chi connectivity index (χ4n) is 3.34. The lowest BCUT2D eigenvalue weighted by Crippen LogP contribution is -2.42. The van der Waals surface area contributed by atoms with Crippen molar-refractivity contribution in [2.24, 2.45) is 0 Å². The van der Waals surface area contributed by atoms with Crippen LogP contribution in [-0.4, -0.2) is 33.2 Å². The Balaban J connectivity index is 1.48. The Hall–Kier alpha value is -4.27. The molecule has 0 saturated heterocycles.